The van der Waals surface area contributed by atoms with E-state index in [0.717, 1.165) is 25.7 Å². The average Bonchev–Trinajstić information content (AvgIpc) is 2.39. The van der Waals surface area contributed by atoms with Gasteiger partial charge >= 0.3 is 5.97 Å². The number of unbranched alkanes of at least 4 members (excludes halogenated alkanes) is 1. The summed E-state index contributed by atoms with van der Waals surface area (Å²) in [6, 6.07) is 4.02. The minimum absolute atomic E-state index is 0.0590. The fourth-order valence-corrected chi connectivity index (χ4v) is 2.01. The first-order valence-electron chi connectivity index (χ1n) is 6.86. The monoisotopic (exact) mass is 279 g/mol. The highest BCUT2D eigenvalue weighted by molar-refractivity contribution is 5.95. The molecule has 0 aromatic heterocycles. The molecule has 1 rings (SSSR count). The van der Waals surface area contributed by atoms with Crippen LogP contribution in [0.1, 0.15) is 49.9 Å². The summed E-state index contributed by atoms with van der Waals surface area (Å²) in [5, 5.41) is 21.1. The fraction of sp³-hybridized carbons (Fsp3) is 0.467. The second-order valence-corrected chi connectivity index (χ2v) is 4.77. The van der Waals surface area contributed by atoms with Crippen LogP contribution in [0, 0.1) is 5.92 Å². The number of rotatable bonds is 7. The van der Waals surface area contributed by atoms with Crippen molar-refractivity contribution in [2.75, 3.05) is 5.32 Å². The van der Waals surface area contributed by atoms with Gasteiger partial charge in [0.2, 0.25) is 5.91 Å². The molecular formula is C15H21NO4. The highest BCUT2D eigenvalue weighted by Crippen LogP contribution is 2.23. The normalized spacial score (nSPS) is 11.9. The molecular weight excluding hydrogens is 258 g/mol. The number of carbonyl (C=O) groups excluding carboxylic acids is 1. The Kier molecular flexibility index (Phi) is 6.03. The maximum absolute atomic E-state index is 12.1. The quantitative estimate of drug-likeness (QED) is 0.715. The first-order valence-corrected chi connectivity index (χ1v) is 6.86. The number of carboxylic acid groups (broad SMARTS) is 1. The predicted molar refractivity (Wildman–Crippen MR) is 77.0 cm³/mol. The molecule has 5 heteroatoms. The Labute approximate surface area is 118 Å². The summed E-state index contributed by atoms with van der Waals surface area (Å²) in [7, 11) is 0. The lowest BCUT2D eigenvalue weighted by atomic mass is 9.98. The lowest BCUT2D eigenvalue weighted by molar-refractivity contribution is -0.120. The van der Waals surface area contributed by atoms with Crippen LogP contribution >= 0.6 is 0 Å². The van der Waals surface area contributed by atoms with Gasteiger partial charge in [0.1, 0.15) is 11.3 Å². The van der Waals surface area contributed by atoms with E-state index in [9.17, 15) is 14.7 Å². The van der Waals surface area contributed by atoms with Crippen molar-refractivity contribution in [3.8, 4) is 5.75 Å². The predicted octanol–water partition coefficient (Wildman–Crippen LogP) is 3.25. The third-order valence-corrected chi connectivity index (χ3v) is 3.27. The van der Waals surface area contributed by atoms with Gasteiger partial charge in [-0.25, -0.2) is 4.79 Å². The van der Waals surface area contributed by atoms with Gasteiger partial charge in [-0.1, -0.05) is 26.7 Å². The third-order valence-electron chi connectivity index (χ3n) is 3.27. The van der Waals surface area contributed by atoms with Crippen LogP contribution in [-0.4, -0.2) is 22.1 Å². The van der Waals surface area contributed by atoms with E-state index in [2.05, 4.69) is 12.2 Å². The van der Waals surface area contributed by atoms with Crippen molar-refractivity contribution in [3.05, 3.63) is 23.8 Å². The van der Waals surface area contributed by atoms with E-state index in [0.29, 0.717) is 5.69 Å². The highest BCUT2D eigenvalue weighted by Gasteiger charge is 2.17. The van der Waals surface area contributed by atoms with Crippen LogP contribution in [0.4, 0.5) is 5.69 Å². The number of hydrogen-bond donors (Lipinski definition) is 3. The number of phenols is 1. The molecule has 1 atom stereocenters. The zero-order valence-corrected chi connectivity index (χ0v) is 11.8. The van der Waals surface area contributed by atoms with Gasteiger partial charge < -0.3 is 15.5 Å². The number of carboxylic acids is 1. The number of aromatic hydroxyl groups is 1. The Bertz CT molecular complexity index is 485. The van der Waals surface area contributed by atoms with Crippen LogP contribution in [0.2, 0.25) is 0 Å². The molecule has 1 unspecified atom stereocenters. The van der Waals surface area contributed by atoms with E-state index in [1.54, 1.807) is 0 Å². The fourth-order valence-electron chi connectivity index (χ4n) is 2.01. The van der Waals surface area contributed by atoms with Crippen LogP contribution in [-0.2, 0) is 4.79 Å². The van der Waals surface area contributed by atoms with Crippen LogP contribution in [0.15, 0.2) is 18.2 Å². The summed E-state index contributed by atoms with van der Waals surface area (Å²) in [4.78, 5) is 22.9. The van der Waals surface area contributed by atoms with Crippen molar-refractivity contribution >= 4 is 17.6 Å². The largest absolute Gasteiger partial charge is 0.507 e. The molecule has 0 fully saturated rings. The molecule has 0 spiro atoms. The Morgan fingerprint density at radius 3 is 2.50 bits per heavy atom. The summed E-state index contributed by atoms with van der Waals surface area (Å²) >= 11 is 0. The first kappa shape index (κ1) is 16.0. The Balaban J connectivity index is 2.74. The SMILES string of the molecule is CCCCC(CC)C(=O)Nc1ccc(C(=O)O)c(O)c1. The number of aromatic carboxylic acids is 1. The standard InChI is InChI=1S/C15H21NO4/c1-3-5-6-10(4-2)14(18)16-11-7-8-12(15(19)20)13(17)9-11/h7-10,17H,3-6H2,1-2H3,(H,16,18)(H,19,20). The van der Waals surface area contributed by atoms with Crippen molar-refractivity contribution < 1.29 is 19.8 Å². The van der Waals surface area contributed by atoms with Crippen LogP contribution in [0.3, 0.4) is 0 Å². The minimum Gasteiger partial charge on any atom is -0.507 e. The number of hydrogen-bond acceptors (Lipinski definition) is 3. The van der Waals surface area contributed by atoms with E-state index in [-0.39, 0.29) is 23.1 Å². The minimum atomic E-state index is -1.20. The van der Waals surface area contributed by atoms with Crippen LogP contribution in [0.25, 0.3) is 0 Å². The van der Waals surface area contributed by atoms with Gasteiger partial charge in [-0.05, 0) is 25.0 Å². The van der Waals surface area contributed by atoms with Crippen molar-refractivity contribution in [1.82, 2.24) is 0 Å². The summed E-state index contributed by atoms with van der Waals surface area (Å²) < 4.78 is 0. The maximum atomic E-state index is 12.1. The third kappa shape index (κ3) is 4.26. The average molecular weight is 279 g/mol. The van der Waals surface area contributed by atoms with E-state index < -0.39 is 5.97 Å². The van der Waals surface area contributed by atoms with Gasteiger partial charge in [0.25, 0.3) is 0 Å². The molecule has 1 amide bonds. The summed E-state index contributed by atoms with van der Waals surface area (Å²) in [5.41, 5.74) is 0.230. The summed E-state index contributed by atoms with van der Waals surface area (Å²) in [5.74, 6) is -1.70. The van der Waals surface area contributed by atoms with Gasteiger partial charge in [0.05, 0.1) is 0 Å². The van der Waals surface area contributed by atoms with Crippen molar-refractivity contribution in [3.63, 3.8) is 0 Å². The molecule has 3 N–H and O–H groups in total. The molecule has 110 valence electrons. The first-order chi connectivity index (χ1) is 9.49. The number of amides is 1. The molecule has 1 aromatic carbocycles. The van der Waals surface area contributed by atoms with Crippen LogP contribution in [0.5, 0.6) is 5.75 Å². The van der Waals surface area contributed by atoms with Crippen molar-refractivity contribution in [2.45, 2.75) is 39.5 Å². The van der Waals surface area contributed by atoms with Gasteiger partial charge in [-0.3, -0.25) is 4.79 Å². The number of nitrogens with one attached hydrogen (secondary N) is 1. The van der Waals surface area contributed by atoms with E-state index in [1.165, 1.54) is 18.2 Å². The van der Waals surface area contributed by atoms with Crippen molar-refractivity contribution in [1.29, 1.82) is 0 Å². The molecule has 5 nitrogen and oxygen atoms in total. The van der Waals surface area contributed by atoms with Gasteiger partial charge in [0.15, 0.2) is 0 Å². The lowest BCUT2D eigenvalue weighted by Crippen LogP contribution is -2.22. The molecule has 1 aromatic rings. The smallest absolute Gasteiger partial charge is 0.339 e. The molecule has 0 saturated carbocycles. The second-order valence-electron chi connectivity index (χ2n) is 4.77. The van der Waals surface area contributed by atoms with Crippen LogP contribution < -0.4 is 5.32 Å². The summed E-state index contributed by atoms with van der Waals surface area (Å²) in [6.07, 6.45) is 3.62. The van der Waals surface area contributed by atoms with Gasteiger partial charge in [-0.15, -0.1) is 0 Å². The highest BCUT2D eigenvalue weighted by atomic mass is 16.4. The molecule has 20 heavy (non-hydrogen) atoms. The molecule has 0 heterocycles. The van der Waals surface area contributed by atoms with Gasteiger partial charge in [-0.2, -0.15) is 0 Å². The molecule has 0 radical (unpaired) electrons. The lowest BCUT2D eigenvalue weighted by Gasteiger charge is -2.15. The number of benzene rings is 1. The Morgan fingerprint density at radius 1 is 1.30 bits per heavy atom. The van der Waals surface area contributed by atoms with E-state index in [1.807, 2.05) is 6.92 Å². The number of anilines is 1. The van der Waals surface area contributed by atoms with Crippen molar-refractivity contribution in [2.24, 2.45) is 5.92 Å². The zero-order valence-electron chi connectivity index (χ0n) is 11.8. The second kappa shape index (κ2) is 7.53. The summed E-state index contributed by atoms with van der Waals surface area (Å²) in [6.45, 7) is 4.04. The maximum Gasteiger partial charge on any atom is 0.339 e. The zero-order chi connectivity index (χ0) is 15.1. The van der Waals surface area contributed by atoms with E-state index in [4.69, 9.17) is 5.11 Å². The molecule has 0 aliphatic rings. The van der Waals surface area contributed by atoms with E-state index >= 15 is 0 Å². The topological polar surface area (TPSA) is 86.6 Å². The molecule has 0 saturated heterocycles. The Hall–Kier alpha value is -2.04. The number of carbonyl (C=O) groups is 2. The molecule has 0 bridgehead atoms. The Morgan fingerprint density at radius 2 is 2.00 bits per heavy atom. The molecule has 0 aliphatic carbocycles. The molecule has 0 aliphatic heterocycles. The van der Waals surface area contributed by atoms with Gasteiger partial charge in [0, 0.05) is 17.7 Å².